The van der Waals surface area contributed by atoms with Crippen LogP contribution in [-0.2, 0) is 33.2 Å². The molecule has 0 amide bonds. The Morgan fingerprint density at radius 2 is 1.89 bits per heavy atom. The topological polar surface area (TPSA) is 80.3 Å². The van der Waals surface area contributed by atoms with Crippen LogP contribution >= 0.6 is 0 Å². The molecular formula is C10H16O7S. The summed E-state index contributed by atoms with van der Waals surface area (Å²) < 4.78 is 49.6. The molecule has 0 N–H and O–H groups in total. The van der Waals surface area contributed by atoms with Gasteiger partial charge in [-0.2, -0.15) is 8.42 Å². The van der Waals surface area contributed by atoms with Crippen molar-refractivity contribution >= 4 is 10.1 Å². The molecule has 7 nitrogen and oxygen atoms in total. The van der Waals surface area contributed by atoms with Crippen molar-refractivity contribution in [2.75, 3.05) is 12.9 Å². The number of hydrogen-bond donors (Lipinski definition) is 0. The molecule has 1 unspecified atom stereocenters. The molecule has 0 aliphatic carbocycles. The second-order valence-electron chi connectivity index (χ2n) is 5.21. The minimum Gasteiger partial charge on any atom is -0.370 e. The highest BCUT2D eigenvalue weighted by Crippen LogP contribution is 2.42. The number of rotatable bonds is 2. The first-order chi connectivity index (χ1) is 8.25. The molecule has 5 atom stereocenters. The van der Waals surface area contributed by atoms with Crippen LogP contribution in [0.15, 0.2) is 0 Å². The van der Waals surface area contributed by atoms with E-state index in [9.17, 15) is 8.42 Å². The van der Waals surface area contributed by atoms with Crippen molar-refractivity contribution in [1.29, 1.82) is 0 Å². The molecule has 3 saturated heterocycles. The maximum atomic E-state index is 11.1. The quantitative estimate of drug-likeness (QED) is 0.637. The molecule has 0 bridgehead atoms. The van der Waals surface area contributed by atoms with Crippen molar-refractivity contribution in [2.24, 2.45) is 0 Å². The summed E-state index contributed by atoms with van der Waals surface area (Å²) in [5, 5.41) is 0. The maximum absolute atomic E-state index is 11.1. The largest absolute Gasteiger partial charge is 0.370 e. The van der Waals surface area contributed by atoms with E-state index >= 15 is 0 Å². The fraction of sp³-hybridized carbons (Fsp3) is 1.00. The SMILES string of the molecule is CC1(C)O[C@H]2O[C@@H]3C(OS(C)(=O)=O)CO[C@@H]3[C@H]2O1. The lowest BCUT2D eigenvalue weighted by Gasteiger charge is -2.22. The molecule has 18 heavy (non-hydrogen) atoms. The van der Waals surface area contributed by atoms with Gasteiger partial charge in [0.2, 0.25) is 0 Å². The van der Waals surface area contributed by atoms with Crippen LogP contribution in [0.4, 0.5) is 0 Å². The third-order valence-electron chi connectivity index (χ3n) is 3.14. The highest BCUT2D eigenvalue weighted by Gasteiger charge is 2.60. The van der Waals surface area contributed by atoms with Crippen LogP contribution in [0, 0.1) is 0 Å². The summed E-state index contributed by atoms with van der Waals surface area (Å²) in [6.07, 6.45) is -1.30. The van der Waals surface area contributed by atoms with Crippen molar-refractivity contribution in [3.63, 3.8) is 0 Å². The van der Waals surface area contributed by atoms with Crippen LogP contribution < -0.4 is 0 Å². The average molecular weight is 280 g/mol. The second kappa shape index (κ2) is 3.87. The summed E-state index contributed by atoms with van der Waals surface area (Å²) in [5.74, 6) is -0.709. The Kier molecular flexibility index (Phi) is 2.75. The van der Waals surface area contributed by atoms with E-state index in [-0.39, 0.29) is 18.8 Å². The van der Waals surface area contributed by atoms with Gasteiger partial charge in [-0.05, 0) is 13.8 Å². The Morgan fingerprint density at radius 3 is 2.56 bits per heavy atom. The predicted octanol–water partition coefficient (Wildman–Crippen LogP) is -0.394. The van der Waals surface area contributed by atoms with Gasteiger partial charge in [0.1, 0.15) is 24.4 Å². The van der Waals surface area contributed by atoms with E-state index < -0.39 is 34.4 Å². The van der Waals surface area contributed by atoms with E-state index in [2.05, 4.69) is 0 Å². The van der Waals surface area contributed by atoms with Crippen molar-refractivity contribution in [1.82, 2.24) is 0 Å². The Morgan fingerprint density at radius 1 is 1.17 bits per heavy atom. The second-order valence-corrected chi connectivity index (χ2v) is 6.81. The van der Waals surface area contributed by atoms with Crippen molar-refractivity contribution in [3.8, 4) is 0 Å². The molecule has 3 aliphatic rings. The van der Waals surface area contributed by atoms with Gasteiger partial charge in [0.15, 0.2) is 12.1 Å². The first-order valence-electron chi connectivity index (χ1n) is 5.76. The number of ether oxygens (including phenoxy) is 4. The summed E-state index contributed by atoms with van der Waals surface area (Å²) in [4.78, 5) is 0. The first kappa shape index (κ1) is 12.8. The molecule has 0 aromatic rings. The third-order valence-corrected chi connectivity index (χ3v) is 3.74. The first-order valence-corrected chi connectivity index (χ1v) is 7.58. The van der Waals surface area contributed by atoms with E-state index in [1.165, 1.54) is 0 Å². The zero-order valence-electron chi connectivity index (χ0n) is 10.4. The molecule has 3 heterocycles. The lowest BCUT2D eigenvalue weighted by Crippen LogP contribution is -2.36. The van der Waals surface area contributed by atoms with E-state index in [0.29, 0.717) is 0 Å². The van der Waals surface area contributed by atoms with Crippen molar-refractivity contribution in [2.45, 2.75) is 50.3 Å². The van der Waals surface area contributed by atoms with Gasteiger partial charge in [-0.3, -0.25) is 4.18 Å². The van der Waals surface area contributed by atoms with Crippen LogP contribution in [0.5, 0.6) is 0 Å². The normalized spacial score (nSPS) is 46.1. The molecule has 0 radical (unpaired) electrons. The number of hydrogen-bond acceptors (Lipinski definition) is 7. The Hall–Kier alpha value is -0.250. The molecule has 0 spiro atoms. The molecule has 3 aliphatic heterocycles. The van der Waals surface area contributed by atoms with E-state index in [0.717, 1.165) is 6.26 Å². The molecular weight excluding hydrogens is 264 g/mol. The standard InChI is InChI=1S/C10H16O7S/c1-10(2)15-8-7-6(14-9(8)16-10)5(4-13-7)17-18(3,11)12/h5-9H,4H2,1-3H3/t5?,6-,7+,8-,9-/m1/s1. The fourth-order valence-electron chi connectivity index (χ4n) is 2.60. The van der Waals surface area contributed by atoms with Gasteiger partial charge < -0.3 is 18.9 Å². The maximum Gasteiger partial charge on any atom is 0.264 e. The van der Waals surface area contributed by atoms with E-state index in [4.69, 9.17) is 23.1 Å². The molecule has 3 fully saturated rings. The van der Waals surface area contributed by atoms with Crippen LogP contribution in [0.2, 0.25) is 0 Å². The van der Waals surface area contributed by atoms with Crippen LogP contribution in [-0.4, -0.2) is 57.8 Å². The molecule has 104 valence electrons. The summed E-state index contributed by atoms with van der Waals surface area (Å²) in [6, 6.07) is 0. The molecule has 3 rings (SSSR count). The van der Waals surface area contributed by atoms with E-state index in [1.807, 2.05) is 0 Å². The van der Waals surface area contributed by atoms with Gasteiger partial charge in [-0.1, -0.05) is 0 Å². The lowest BCUT2D eigenvalue weighted by atomic mass is 10.1. The fourth-order valence-corrected chi connectivity index (χ4v) is 3.22. The van der Waals surface area contributed by atoms with Crippen LogP contribution in [0.3, 0.4) is 0 Å². The molecule has 0 aromatic heterocycles. The highest BCUT2D eigenvalue weighted by molar-refractivity contribution is 7.86. The lowest BCUT2D eigenvalue weighted by molar-refractivity contribution is -0.213. The van der Waals surface area contributed by atoms with Crippen LogP contribution in [0.25, 0.3) is 0 Å². The zero-order chi connectivity index (χ0) is 13.1. The zero-order valence-corrected chi connectivity index (χ0v) is 11.2. The van der Waals surface area contributed by atoms with Gasteiger partial charge >= 0.3 is 0 Å². The van der Waals surface area contributed by atoms with Crippen LogP contribution in [0.1, 0.15) is 13.8 Å². The third kappa shape index (κ3) is 2.17. The Balaban J connectivity index is 1.72. The van der Waals surface area contributed by atoms with Crippen molar-refractivity contribution in [3.05, 3.63) is 0 Å². The van der Waals surface area contributed by atoms with Gasteiger partial charge in [-0.15, -0.1) is 0 Å². The Bertz CT molecular complexity index is 445. The summed E-state index contributed by atoms with van der Waals surface area (Å²) >= 11 is 0. The minimum absolute atomic E-state index is 0.176. The summed E-state index contributed by atoms with van der Waals surface area (Å²) in [5.41, 5.74) is 0. The van der Waals surface area contributed by atoms with Gasteiger partial charge in [0.25, 0.3) is 10.1 Å². The number of fused-ring (bicyclic) bond motifs is 3. The Labute approximate surface area is 105 Å². The molecule has 8 heteroatoms. The predicted molar refractivity (Wildman–Crippen MR) is 58.2 cm³/mol. The van der Waals surface area contributed by atoms with Crippen molar-refractivity contribution < 1.29 is 31.5 Å². The van der Waals surface area contributed by atoms with E-state index in [1.54, 1.807) is 13.8 Å². The van der Waals surface area contributed by atoms with Gasteiger partial charge in [0.05, 0.1) is 12.9 Å². The average Bonchev–Trinajstić information content (AvgIpc) is 2.74. The highest BCUT2D eigenvalue weighted by atomic mass is 32.2. The smallest absolute Gasteiger partial charge is 0.264 e. The summed E-state index contributed by atoms with van der Waals surface area (Å²) in [7, 11) is -3.53. The van der Waals surface area contributed by atoms with Gasteiger partial charge in [0, 0.05) is 0 Å². The molecule has 0 aromatic carbocycles. The molecule has 0 saturated carbocycles. The van der Waals surface area contributed by atoms with Gasteiger partial charge in [-0.25, -0.2) is 0 Å². The summed E-state index contributed by atoms with van der Waals surface area (Å²) in [6.45, 7) is 3.77. The monoisotopic (exact) mass is 280 g/mol. The minimum atomic E-state index is -3.53.